The number of carbonyl (C=O) groups is 1. The fourth-order valence-electron chi connectivity index (χ4n) is 1.77. The molecule has 0 amide bonds. The second-order valence-electron chi connectivity index (χ2n) is 4.22. The lowest BCUT2D eigenvalue weighted by molar-refractivity contribution is -0.116. The van der Waals surface area contributed by atoms with Crippen LogP contribution in [0.5, 0.6) is 0 Å². The summed E-state index contributed by atoms with van der Waals surface area (Å²) in [6.07, 6.45) is 4.32. The van der Waals surface area contributed by atoms with Crippen molar-refractivity contribution >= 4 is 5.78 Å². The summed E-state index contributed by atoms with van der Waals surface area (Å²) in [5.41, 5.74) is 1.21. The van der Waals surface area contributed by atoms with Crippen LogP contribution >= 0.6 is 0 Å². The maximum absolute atomic E-state index is 11.1. The summed E-state index contributed by atoms with van der Waals surface area (Å²) in [5, 5.41) is 0. The third-order valence-electron chi connectivity index (χ3n) is 2.60. The molecule has 1 aliphatic carbocycles. The fraction of sp³-hybridized carbons (Fsp3) is 0.545. The summed E-state index contributed by atoms with van der Waals surface area (Å²) in [4.78, 5) is 11.1. The van der Waals surface area contributed by atoms with E-state index in [1.807, 2.05) is 13.0 Å². The minimum Gasteiger partial charge on any atom is -0.295 e. The quantitative estimate of drug-likeness (QED) is 0.544. The number of hydrogen-bond acceptors (Lipinski definition) is 1. The van der Waals surface area contributed by atoms with E-state index in [1.54, 1.807) is 6.08 Å². The van der Waals surface area contributed by atoms with Crippen LogP contribution in [-0.2, 0) is 4.79 Å². The van der Waals surface area contributed by atoms with Crippen LogP contribution in [0.4, 0.5) is 0 Å². The van der Waals surface area contributed by atoms with E-state index >= 15 is 0 Å². The first kappa shape index (κ1) is 9.24. The van der Waals surface area contributed by atoms with Crippen LogP contribution in [-0.4, -0.2) is 5.78 Å². The molecule has 66 valence electrons. The molecular formula is C11H16O. The van der Waals surface area contributed by atoms with Gasteiger partial charge in [0, 0.05) is 6.42 Å². The molecule has 1 rings (SSSR count). The Morgan fingerprint density at radius 1 is 1.67 bits per heavy atom. The molecule has 0 aromatic heterocycles. The molecule has 0 N–H and O–H groups in total. The molecule has 0 saturated heterocycles. The van der Waals surface area contributed by atoms with Gasteiger partial charge in [-0.05, 0) is 24.3 Å². The Kier molecular flexibility index (Phi) is 2.22. The maximum Gasteiger partial charge on any atom is 0.156 e. The van der Waals surface area contributed by atoms with E-state index in [-0.39, 0.29) is 11.2 Å². The van der Waals surface area contributed by atoms with Gasteiger partial charge >= 0.3 is 0 Å². The van der Waals surface area contributed by atoms with Crippen LogP contribution in [0, 0.1) is 11.3 Å². The molecule has 0 spiro atoms. The van der Waals surface area contributed by atoms with Crippen molar-refractivity contribution in [2.75, 3.05) is 0 Å². The molecule has 1 unspecified atom stereocenters. The molecular weight excluding hydrogens is 148 g/mol. The highest BCUT2D eigenvalue weighted by atomic mass is 16.1. The highest BCUT2D eigenvalue weighted by Crippen LogP contribution is 2.38. The van der Waals surface area contributed by atoms with Crippen LogP contribution < -0.4 is 0 Å². The lowest BCUT2D eigenvalue weighted by Gasteiger charge is -2.34. The first-order valence-corrected chi connectivity index (χ1v) is 4.31. The highest BCUT2D eigenvalue weighted by molar-refractivity contribution is 5.91. The Morgan fingerprint density at radius 2 is 2.25 bits per heavy atom. The van der Waals surface area contributed by atoms with Gasteiger partial charge in [0.25, 0.3) is 0 Å². The maximum atomic E-state index is 11.1. The molecule has 1 aliphatic rings. The van der Waals surface area contributed by atoms with Gasteiger partial charge in [-0.25, -0.2) is 0 Å². The molecule has 0 aromatic carbocycles. The molecule has 1 heteroatoms. The third kappa shape index (κ3) is 1.66. The summed E-state index contributed by atoms with van der Waals surface area (Å²) < 4.78 is 0. The van der Waals surface area contributed by atoms with Gasteiger partial charge in [-0.1, -0.05) is 32.1 Å². The predicted octanol–water partition coefficient (Wildman–Crippen LogP) is 2.73. The second kappa shape index (κ2) is 2.89. The van der Waals surface area contributed by atoms with Crippen LogP contribution in [0.1, 0.15) is 27.2 Å². The van der Waals surface area contributed by atoms with Crippen molar-refractivity contribution in [3.05, 3.63) is 24.3 Å². The summed E-state index contributed by atoms with van der Waals surface area (Å²) in [6, 6.07) is 0. The van der Waals surface area contributed by atoms with E-state index in [4.69, 9.17) is 0 Å². The van der Waals surface area contributed by atoms with Gasteiger partial charge in [-0.15, -0.1) is 0 Å². The number of hydrogen-bond donors (Lipinski definition) is 0. The van der Waals surface area contributed by atoms with Crippen LogP contribution in [0.25, 0.3) is 0 Å². The number of carbonyl (C=O) groups excluding carboxylic acids is 1. The molecule has 1 nitrogen and oxygen atoms in total. The zero-order chi connectivity index (χ0) is 9.35. The van der Waals surface area contributed by atoms with E-state index in [0.29, 0.717) is 12.3 Å². The van der Waals surface area contributed by atoms with E-state index in [1.165, 1.54) is 0 Å². The van der Waals surface area contributed by atoms with E-state index in [9.17, 15) is 4.79 Å². The van der Waals surface area contributed by atoms with Crippen molar-refractivity contribution < 1.29 is 4.79 Å². The lowest BCUT2D eigenvalue weighted by Crippen LogP contribution is -2.28. The molecule has 0 aliphatic heterocycles. The fourth-order valence-corrected chi connectivity index (χ4v) is 1.77. The van der Waals surface area contributed by atoms with Crippen molar-refractivity contribution in [1.82, 2.24) is 0 Å². The summed E-state index contributed by atoms with van der Waals surface area (Å²) in [7, 11) is 0. The molecule has 12 heavy (non-hydrogen) atoms. The normalized spacial score (nSPS) is 27.2. The zero-order valence-corrected chi connectivity index (χ0v) is 8.05. The van der Waals surface area contributed by atoms with E-state index < -0.39 is 0 Å². The van der Waals surface area contributed by atoms with Crippen molar-refractivity contribution in [1.29, 1.82) is 0 Å². The third-order valence-corrected chi connectivity index (χ3v) is 2.60. The van der Waals surface area contributed by atoms with Crippen molar-refractivity contribution in [3.63, 3.8) is 0 Å². The first-order valence-electron chi connectivity index (χ1n) is 4.31. The van der Waals surface area contributed by atoms with Gasteiger partial charge in [-0.3, -0.25) is 4.79 Å². The minimum atomic E-state index is 0.0970. The minimum absolute atomic E-state index is 0.0970. The molecule has 0 fully saturated rings. The Labute approximate surface area is 74.2 Å². The Balaban J connectivity index is 2.94. The van der Waals surface area contributed by atoms with Gasteiger partial charge in [0.15, 0.2) is 5.78 Å². The number of ketones is 1. The second-order valence-corrected chi connectivity index (χ2v) is 4.22. The van der Waals surface area contributed by atoms with Gasteiger partial charge in [0.2, 0.25) is 0 Å². The first-order chi connectivity index (χ1) is 5.43. The van der Waals surface area contributed by atoms with Crippen molar-refractivity contribution in [3.8, 4) is 0 Å². The predicted molar refractivity (Wildman–Crippen MR) is 50.8 cm³/mol. The molecule has 0 radical (unpaired) electrons. The molecule has 0 heterocycles. The molecule has 0 bridgehead atoms. The summed E-state index contributed by atoms with van der Waals surface area (Å²) in [6.45, 7) is 10.2. The Morgan fingerprint density at radius 3 is 2.67 bits per heavy atom. The molecule has 0 saturated carbocycles. The van der Waals surface area contributed by atoms with Crippen LogP contribution in [0.15, 0.2) is 24.3 Å². The largest absolute Gasteiger partial charge is 0.295 e. The Bertz CT molecular complexity index is 246. The topological polar surface area (TPSA) is 17.1 Å². The average molecular weight is 164 g/mol. The Hall–Kier alpha value is -0.850. The zero-order valence-electron chi connectivity index (χ0n) is 8.05. The van der Waals surface area contributed by atoms with Crippen molar-refractivity contribution in [2.24, 2.45) is 11.3 Å². The number of rotatable bonds is 1. The van der Waals surface area contributed by atoms with Gasteiger partial charge in [0.05, 0.1) is 0 Å². The van der Waals surface area contributed by atoms with E-state index in [0.717, 1.165) is 5.57 Å². The molecule has 1 atom stereocenters. The summed E-state index contributed by atoms with van der Waals surface area (Å²) in [5.74, 6) is 0.539. The van der Waals surface area contributed by atoms with Gasteiger partial charge in [-0.2, -0.15) is 0 Å². The summed E-state index contributed by atoms with van der Waals surface area (Å²) >= 11 is 0. The van der Waals surface area contributed by atoms with Crippen LogP contribution in [0.3, 0.4) is 0 Å². The van der Waals surface area contributed by atoms with Crippen molar-refractivity contribution in [2.45, 2.75) is 27.2 Å². The highest BCUT2D eigenvalue weighted by Gasteiger charge is 2.32. The SMILES string of the molecule is C=C(C)C1CC(=O)C=CC1(C)C. The van der Waals surface area contributed by atoms with Gasteiger partial charge in [0.1, 0.15) is 0 Å². The standard InChI is InChI=1S/C11H16O/c1-8(2)10-7-9(12)5-6-11(10,3)4/h5-6,10H,1,7H2,2-4H3. The molecule has 0 aromatic rings. The average Bonchev–Trinajstić information content (AvgIpc) is 1.94. The smallest absolute Gasteiger partial charge is 0.156 e. The van der Waals surface area contributed by atoms with E-state index in [2.05, 4.69) is 20.4 Å². The lowest BCUT2D eigenvalue weighted by atomic mass is 9.70. The van der Waals surface area contributed by atoms with Crippen LogP contribution in [0.2, 0.25) is 0 Å². The number of allylic oxidation sites excluding steroid dienone is 3. The monoisotopic (exact) mass is 164 g/mol. The van der Waals surface area contributed by atoms with Gasteiger partial charge < -0.3 is 0 Å².